The molecule has 1 amide bonds. The van der Waals surface area contributed by atoms with Crippen LogP contribution in [0, 0.1) is 0 Å². The third-order valence-corrected chi connectivity index (χ3v) is 7.06. The number of aliphatic hydroxyl groups is 2. The normalized spacial score (nSPS) is 20.3. The number of carbonyl (C=O) groups excluding carboxylic acids is 1. The van der Waals surface area contributed by atoms with Gasteiger partial charge >= 0.3 is 0 Å². The monoisotopic (exact) mass is 608 g/mol. The number of hydrogen-bond acceptors (Lipinski definition) is 7. The van der Waals surface area contributed by atoms with Gasteiger partial charge < -0.3 is 35.0 Å². The number of nitrogens with one attached hydrogen (secondary N) is 1. The number of likely N-dealkylation sites (N-methyl/N-ethyl adjacent to an activating group) is 1. The Hall–Kier alpha value is -2.40. The van der Waals surface area contributed by atoms with E-state index in [1.165, 1.54) is 0 Å². The van der Waals surface area contributed by atoms with E-state index in [0.717, 1.165) is 11.1 Å². The molecule has 1 aliphatic rings. The van der Waals surface area contributed by atoms with E-state index in [2.05, 4.69) is 5.32 Å². The molecule has 214 valence electrons. The Labute approximate surface area is 248 Å². The highest BCUT2D eigenvalue weighted by Gasteiger charge is 2.34. The molecule has 11 heteroatoms. The molecule has 3 aromatic carbocycles. The number of alkyl halides is 3. The third-order valence-electron chi connectivity index (χ3n) is 6.54. The van der Waals surface area contributed by atoms with E-state index in [1.54, 1.807) is 42.5 Å². The van der Waals surface area contributed by atoms with Crippen LogP contribution in [-0.2, 0) is 20.9 Å². The van der Waals surface area contributed by atoms with Gasteiger partial charge in [-0.05, 0) is 48.0 Å². The summed E-state index contributed by atoms with van der Waals surface area (Å²) in [4.78, 5) is 14.1. The van der Waals surface area contributed by atoms with Gasteiger partial charge in [0.15, 0.2) is 6.29 Å². The summed E-state index contributed by atoms with van der Waals surface area (Å²) >= 11 is 17.1. The molecule has 4 N–H and O–H groups in total. The van der Waals surface area contributed by atoms with Crippen molar-refractivity contribution in [3.8, 4) is 5.75 Å². The van der Waals surface area contributed by atoms with Gasteiger partial charge in [0.25, 0.3) is 9.70 Å². The quantitative estimate of drug-likeness (QED) is 0.240. The van der Waals surface area contributed by atoms with E-state index in [-0.39, 0.29) is 24.6 Å². The Morgan fingerprint density at radius 2 is 1.77 bits per heavy atom. The van der Waals surface area contributed by atoms with Crippen molar-refractivity contribution in [2.45, 2.75) is 41.4 Å². The lowest BCUT2D eigenvalue weighted by Gasteiger charge is -2.38. The number of benzene rings is 3. The predicted octanol–water partition coefficient (Wildman–Crippen LogP) is 5.40. The highest BCUT2D eigenvalue weighted by atomic mass is 35.6. The standard InChI is InChI=1S/C29H31Cl3N2O6/c1-34(16-25(37)20-4-3-7-23(36)13-20)15-24-14-26(19-10-8-18(17-35)9-11-19)40-27(39-24)21-5-2-6-22(12-21)33-28(38)29(30,31)32/h2-13,24-27,35-37H,14-17H2,1H3,(H,33,38)/t24-,25-,26+,27+/m1/s1. The van der Waals surface area contributed by atoms with Crippen LogP contribution in [0.3, 0.4) is 0 Å². The number of anilines is 1. The molecule has 1 heterocycles. The van der Waals surface area contributed by atoms with Crippen molar-refractivity contribution in [3.05, 3.63) is 95.1 Å². The molecule has 8 nitrogen and oxygen atoms in total. The number of phenolic OH excluding ortho intramolecular Hbond substituents is 1. The summed E-state index contributed by atoms with van der Waals surface area (Å²) in [6, 6.07) is 21.0. The summed E-state index contributed by atoms with van der Waals surface area (Å²) in [7, 11) is 1.89. The van der Waals surface area contributed by atoms with E-state index in [4.69, 9.17) is 44.3 Å². The average molecular weight is 610 g/mol. The molecule has 0 saturated carbocycles. The van der Waals surface area contributed by atoms with Crippen LogP contribution >= 0.6 is 34.8 Å². The number of phenols is 1. The maximum Gasteiger partial charge on any atom is 0.276 e. The SMILES string of the molecule is CN(C[C@H]1C[C@@H](c2ccc(CO)cc2)O[C@@H](c2cccc(NC(=O)C(Cl)(Cl)Cl)c2)O1)C[C@@H](O)c1cccc(O)c1. The van der Waals surface area contributed by atoms with Crippen molar-refractivity contribution in [1.82, 2.24) is 4.90 Å². The first kappa shape index (κ1) is 30.6. The van der Waals surface area contributed by atoms with Crippen molar-refractivity contribution in [2.75, 3.05) is 25.5 Å². The van der Waals surface area contributed by atoms with Gasteiger partial charge in [-0.15, -0.1) is 0 Å². The van der Waals surface area contributed by atoms with Gasteiger partial charge in [0.05, 0.1) is 24.9 Å². The summed E-state index contributed by atoms with van der Waals surface area (Å²) in [6.07, 6.45) is -1.61. The van der Waals surface area contributed by atoms with Gasteiger partial charge in [-0.25, -0.2) is 0 Å². The predicted molar refractivity (Wildman–Crippen MR) is 154 cm³/mol. The van der Waals surface area contributed by atoms with Crippen LogP contribution < -0.4 is 5.32 Å². The van der Waals surface area contributed by atoms with Crippen molar-refractivity contribution in [3.63, 3.8) is 0 Å². The van der Waals surface area contributed by atoms with Crippen molar-refractivity contribution >= 4 is 46.4 Å². The lowest BCUT2D eigenvalue weighted by molar-refractivity contribution is -0.252. The molecule has 1 saturated heterocycles. The maximum absolute atomic E-state index is 12.2. The van der Waals surface area contributed by atoms with Crippen LogP contribution in [-0.4, -0.2) is 56.2 Å². The lowest BCUT2D eigenvalue weighted by atomic mass is 9.99. The molecule has 1 fully saturated rings. The highest BCUT2D eigenvalue weighted by Crippen LogP contribution is 2.39. The number of halogens is 3. The number of hydrogen-bond donors (Lipinski definition) is 4. The zero-order valence-electron chi connectivity index (χ0n) is 21.7. The van der Waals surface area contributed by atoms with Crippen molar-refractivity contribution in [1.29, 1.82) is 0 Å². The van der Waals surface area contributed by atoms with E-state index < -0.39 is 22.1 Å². The number of carbonyl (C=O) groups is 1. The van der Waals surface area contributed by atoms with Gasteiger partial charge in [-0.2, -0.15) is 0 Å². The van der Waals surface area contributed by atoms with Gasteiger partial charge in [-0.1, -0.05) is 83.3 Å². The smallest absolute Gasteiger partial charge is 0.276 e. The zero-order chi connectivity index (χ0) is 28.9. The molecule has 40 heavy (non-hydrogen) atoms. The largest absolute Gasteiger partial charge is 0.508 e. The maximum atomic E-state index is 12.2. The van der Waals surface area contributed by atoms with Gasteiger partial charge in [-0.3, -0.25) is 4.79 Å². The first-order valence-corrected chi connectivity index (χ1v) is 13.8. The van der Waals surface area contributed by atoms with Gasteiger partial charge in [0.1, 0.15) is 5.75 Å². The summed E-state index contributed by atoms with van der Waals surface area (Å²) in [6.45, 7) is 0.757. The number of aliphatic hydroxyl groups excluding tert-OH is 2. The third kappa shape index (κ3) is 8.31. The summed E-state index contributed by atoms with van der Waals surface area (Å²) < 4.78 is 10.6. The minimum atomic E-state index is -2.11. The molecule has 4 rings (SSSR count). The highest BCUT2D eigenvalue weighted by molar-refractivity contribution is 6.76. The second-order valence-corrected chi connectivity index (χ2v) is 12.0. The molecule has 0 radical (unpaired) electrons. The van der Waals surface area contributed by atoms with Gasteiger partial charge in [0.2, 0.25) is 0 Å². The second-order valence-electron chi connectivity index (χ2n) is 9.76. The Kier molecular flexibility index (Phi) is 10.3. The minimum Gasteiger partial charge on any atom is -0.508 e. The van der Waals surface area contributed by atoms with E-state index in [9.17, 15) is 20.1 Å². The van der Waals surface area contributed by atoms with E-state index >= 15 is 0 Å². The van der Waals surface area contributed by atoms with Crippen molar-refractivity contribution < 1.29 is 29.6 Å². The summed E-state index contributed by atoms with van der Waals surface area (Å²) in [5, 5.41) is 32.5. The topological polar surface area (TPSA) is 111 Å². The zero-order valence-corrected chi connectivity index (χ0v) is 24.0. The number of ether oxygens (including phenoxy) is 2. The van der Waals surface area contributed by atoms with Crippen LogP contribution in [0.5, 0.6) is 5.75 Å². The first-order chi connectivity index (χ1) is 19.0. The molecule has 0 aliphatic carbocycles. The molecule has 3 aromatic rings. The van der Waals surface area contributed by atoms with Crippen LogP contribution in [0.15, 0.2) is 72.8 Å². The van der Waals surface area contributed by atoms with Crippen LogP contribution in [0.4, 0.5) is 5.69 Å². The fourth-order valence-corrected chi connectivity index (χ4v) is 4.69. The number of nitrogens with zero attached hydrogens (tertiary/aromatic N) is 1. The fraction of sp³-hybridized carbons (Fsp3) is 0.345. The Bertz CT molecular complexity index is 1290. The summed E-state index contributed by atoms with van der Waals surface area (Å²) in [5.74, 6) is -0.691. The van der Waals surface area contributed by atoms with Crippen LogP contribution in [0.2, 0.25) is 0 Å². The second kappa shape index (κ2) is 13.5. The average Bonchev–Trinajstić information content (AvgIpc) is 2.92. The Balaban J connectivity index is 1.52. The lowest BCUT2D eigenvalue weighted by Crippen LogP contribution is -2.39. The number of aromatic hydroxyl groups is 1. The van der Waals surface area contributed by atoms with E-state index in [1.807, 2.05) is 42.3 Å². The van der Waals surface area contributed by atoms with Crippen LogP contribution in [0.1, 0.15) is 47.2 Å². The molecule has 0 aromatic heterocycles. The molecule has 0 bridgehead atoms. The Morgan fingerprint density at radius 3 is 2.45 bits per heavy atom. The van der Waals surface area contributed by atoms with E-state index in [0.29, 0.717) is 36.3 Å². The molecule has 1 aliphatic heterocycles. The minimum absolute atomic E-state index is 0.0564. The molecular formula is C29H31Cl3N2O6. The summed E-state index contributed by atoms with van der Waals surface area (Å²) in [5.41, 5.74) is 3.42. The van der Waals surface area contributed by atoms with Crippen LogP contribution in [0.25, 0.3) is 0 Å². The van der Waals surface area contributed by atoms with Gasteiger partial charge in [0, 0.05) is 30.8 Å². The molecule has 0 spiro atoms. The first-order valence-electron chi connectivity index (χ1n) is 12.7. The molecule has 0 unspecified atom stereocenters. The number of amides is 1. The van der Waals surface area contributed by atoms with Crippen molar-refractivity contribution in [2.24, 2.45) is 0 Å². The number of rotatable bonds is 9. The molecule has 4 atom stereocenters. The fourth-order valence-electron chi connectivity index (χ4n) is 4.55. The Morgan fingerprint density at radius 1 is 1.05 bits per heavy atom. The molecular weight excluding hydrogens is 579 g/mol.